The minimum atomic E-state index is -0.270. The first-order valence-electron chi connectivity index (χ1n) is 7.05. The van der Waals surface area contributed by atoms with Gasteiger partial charge in [-0.1, -0.05) is 24.1 Å². The lowest BCUT2D eigenvalue weighted by molar-refractivity contribution is 0.251. The summed E-state index contributed by atoms with van der Waals surface area (Å²) in [4.78, 5) is 13.1. The molecule has 0 fully saturated rings. The van der Waals surface area contributed by atoms with E-state index < -0.39 is 0 Å². The largest absolute Gasteiger partial charge is 0.481 e. The predicted octanol–water partition coefficient (Wildman–Crippen LogP) is 3.74. The molecular formula is C18H18N2O2S. The number of terminal acetylenes is 1. The minimum absolute atomic E-state index is 0.196. The minimum Gasteiger partial charge on any atom is -0.481 e. The standard InChI is InChI=1S/C18H18N2O2S/c1-3-11-22-16-6-4-5-15(12-16)20-18(21)19-13-14-7-9-17(23-2)10-8-14/h1,4-10,12H,11,13H2,2H3,(H2,19,20,21). The highest BCUT2D eigenvalue weighted by Crippen LogP contribution is 2.17. The number of ether oxygens (including phenoxy) is 1. The van der Waals surface area contributed by atoms with E-state index in [4.69, 9.17) is 11.2 Å². The van der Waals surface area contributed by atoms with Gasteiger partial charge in [0.05, 0.1) is 0 Å². The molecule has 0 bridgehead atoms. The van der Waals surface area contributed by atoms with Gasteiger partial charge >= 0.3 is 6.03 Å². The SMILES string of the molecule is C#CCOc1cccc(NC(=O)NCc2ccc(SC)cc2)c1. The number of rotatable bonds is 6. The Balaban J connectivity index is 1.85. The number of hydrogen-bond donors (Lipinski definition) is 2. The van der Waals surface area contributed by atoms with Gasteiger partial charge in [0.25, 0.3) is 0 Å². The summed E-state index contributed by atoms with van der Waals surface area (Å²) in [6.07, 6.45) is 7.18. The molecule has 0 aliphatic heterocycles. The highest BCUT2D eigenvalue weighted by molar-refractivity contribution is 7.98. The Morgan fingerprint density at radius 3 is 2.74 bits per heavy atom. The van der Waals surface area contributed by atoms with Crippen molar-refractivity contribution < 1.29 is 9.53 Å². The van der Waals surface area contributed by atoms with Crippen molar-refractivity contribution in [3.63, 3.8) is 0 Å². The van der Waals surface area contributed by atoms with Crippen molar-refractivity contribution in [2.24, 2.45) is 0 Å². The number of carbonyl (C=O) groups is 1. The second-order valence-electron chi connectivity index (χ2n) is 4.68. The molecule has 0 heterocycles. The lowest BCUT2D eigenvalue weighted by Gasteiger charge is -2.09. The molecule has 2 N–H and O–H groups in total. The molecule has 23 heavy (non-hydrogen) atoms. The third-order valence-corrected chi connectivity index (χ3v) is 3.77. The molecule has 4 nitrogen and oxygen atoms in total. The number of thioether (sulfide) groups is 1. The summed E-state index contributed by atoms with van der Waals surface area (Å²) in [5.74, 6) is 3.02. The van der Waals surface area contributed by atoms with Crippen LogP contribution in [-0.2, 0) is 6.54 Å². The first kappa shape index (κ1) is 16.8. The fraction of sp³-hybridized carbons (Fsp3) is 0.167. The van der Waals surface area contributed by atoms with Gasteiger partial charge in [0.15, 0.2) is 0 Å². The average molecular weight is 326 g/mol. The van der Waals surface area contributed by atoms with Gasteiger partial charge in [-0.05, 0) is 36.1 Å². The summed E-state index contributed by atoms with van der Waals surface area (Å²) in [5, 5.41) is 5.58. The maximum Gasteiger partial charge on any atom is 0.319 e. The Bertz CT molecular complexity index is 693. The lowest BCUT2D eigenvalue weighted by atomic mass is 10.2. The van der Waals surface area contributed by atoms with Crippen LogP contribution in [0.25, 0.3) is 0 Å². The molecule has 118 valence electrons. The van der Waals surface area contributed by atoms with E-state index in [-0.39, 0.29) is 12.6 Å². The summed E-state index contributed by atoms with van der Waals surface area (Å²) in [5.41, 5.74) is 1.69. The van der Waals surface area contributed by atoms with Crippen molar-refractivity contribution in [1.82, 2.24) is 5.32 Å². The molecule has 0 aromatic heterocycles. The van der Waals surface area contributed by atoms with E-state index in [1.807, 2.05) is 30.5 Å². The third-order valence-electron chi connectivity index (χ3n) is 3.03. The highest BCUT2D eigenvalue weighted by atomic mass is 32.2. The summed E-state index contributed by atoms with van der Waals surface area (Å²) in [6.45, 7) is 0.662. The van der Waals surface area contributed by atoms with Crippen LogP contribution in [0, 0.1) is 12.3 Å². The Morgan fingerprint density at radius 2 is 2.04 bits per heavy atom. The monoisotopic (exact) mass is 326 g/mol. The number of urea groups is 1. The third kappa shape index (κ3) is 5.61. The zero-order chi connectivity index (χ0) is 16.5. The van der Waals surface area contributed by atoms with Crippen molar-refractivity contribution in [2.45, 2.75) is 11.4 Å². The molecule has 0 saturated carbocycles. The van der Waals surface area contributed by atoms with Gasteiger partial charge in [-0.25, -0.2) is 4.79 Å². The van der Waals surface area contributed by atoms with Crippen molar-refractivity contribution in [3.8, 4) is 18.1 Å². The van der Waals surface area contributed by atoms with Crippen LogP contribution in [0.2, 0.25) is 0 Å². The molecule has 2 rings (SSSR count). The Kier molecular flexibility index (Phi) is 6.40. The van der Waals surface area contributed by atoms with Crippen LogP contribution in [0.4, 0.5) is 10.5 Å². The van der Waals surface area contributed by atoms with Gasteiger partial charge in [-0.15, -0.1) is 18.2 Å². The average Bonchev–Trinajstić information content (AvgIpc) is 2.59. The maximum absolute atomic E-state index is 11.9. The molecule has 2 aromatic carbocycles. The van der Waals surface area contributed by atoms with E-state index in [9.17, 15) is 4.79 Å². The summed E-state index contributed by atoms with van der Waals surface area (Å²) in [6, 6.07) is 14.9. The summed E-state index contributed by atoms with van der Waals surface area (Å²) in [7, 11) is 0. The number of hydrogen-bond acceptors (Lipinski definition) is 3. The first-order valence-corrected chi connectivity index (χ1v) is 8.28. The quantitative estimate of drug-likeness (QED) is 0.628. The molecule has 0 spiro atoms. The van der Waals surface area contributed by atoms with E-state index in [1.165, 1.54) is 4.90 Å². The van der Waals surface area contributed by atoms with E-state index in [0.29, 0.717) is 18.0 Å². The van der Waals surface area contributed by atoms with Crippen molar-refractivity contribution >= 4 is 23.5 Å². The first-order chi connectivity index (χ1) is 11.2. The van der Waals surface area contributed by atoms with Crippen LogP contribution < -0.4 is 15.4 Å². The van der Waals surface area contributed by atoms with Crippen LogP contribution in [0.5, 0.6) is 5.75 Å². The molecular weight excluding hydrogens is 308 g/mol. The van der Waals surface area contributed by atoms with Gasteiger partial charge in [-0.2, -0.15) is 0 Å². The Hall–Kier alpha value is -2.58. The Labute approximate surface area is 140 Å². The van der Waals surface area contributed by atoms with E-state index in [2.05, 4.69) is 16.6 Å². The second-order valence-corrected chi connectivity index (χ2v) is 5.56. The number of benzene rings is 2. The summed E-state index contributed by atoms with van der Waals surface area (Å²) < 4.78 is 5.32. The number of nitrogens with one attached hydrogen (secondary N) is 2. The van der Waals surface area contributed by atoms with Gasteiger partial charge in [0, 0.05) is 23.2 Å². The van der Waals surface area contributed by atoms with Crippen LogP contribution in [0.3, 0.4) is 0 Å². The molecule has 2 amide bonds. The molecule has 0 unspecified atom stereocenters. The number of anilines is 1. The zero-order valence-corrected chi connectivity index (χ0v) is 13.7. The van der Waals surface area contributed by atoms with E-state index in [0.717, 1.165) is 5.56 Å². The van der Waals surface area contributed by atoms with Gasteiger partial charge in [0.1, 0.15) is 12.4 Å². The molecule has 0 aliphatic carbocycles. The van der Waals surface area contributed by atoms with Crippen LogP contribution in [-0.4, -0.2) is 18.9 Å². The smallest absolute Gasteiger partial charge is 0.319 e. The van der Waals surface area contributed by atoms with E-state index in [1.54, 1.807) is 36.0 Å². The summed E-state index contributed by atoms with van der Waals surface area (Å²) >= 11 is 1.69. The maximum atomic E-state index is 11.9. The second kappa shape index (κ2) is 8.76. The predicted molar refractivity (Wildman–Crippen MR) is 94.9 cm³/mol. The Morgan fingerprint density at radius 1 is 1.26 bits per heavy atom. The normalized spacial score (nSPS) is 9.74. The highest BCUT2D eigenvalue weighted by Gasteiger charge is 2.03. The van der Waals surface area contributed by atoms with Crippen molar-refractivity contribution in [3.05, 3.63) is 54.1 Å². The van der Waals surface area contributed by atoms with Crippen molar-refractivity contribution in [2.75, 3.05) is 18.2 Å². The molecule has 2 aromatic rings. The van der Waals surface area contributed by atoms with E-state index >= 15 is 0 Å². The number of carbonyl (C=O) groups excluding carboxylic acids is 1. The molecule has 0 saturated heterocycles. The molecule has 0 aliphatic rings. The fourth-order valence-corrected chi connectivity index (χ4v) is 2.30. The molecule has 5 heteroatoms. The molecule has 0 atom stereocenters. The lowest BCUT2D eigenvalue weighted by Crippen LogP contribution is -2.28. The van der Waals surface area contributed by atoms with Crippen LogP contribution in [0.1, 0.15) is 5.56 Å². The zero-order valence-electron chi connectivity index (χ0n) is 12.8. The van der Waals surface area contributed by atoms with Gasteiger partial charge in [0.2, 0.25) is 0 Å². The van der Waals surface area contributed by atoms with Crippen molar-refractivity contribution in [1.29, 1.82) is 0 Å². The fourth-order valence-electron chi connectivity index (χ4n) is 1.89. The van der Waals surface area contributed by atoms with Gasteiger partial charge in [-0.3, -0.25) is 0 Å². The van der Waals surface area contributed by atoms with Crippen LogP contribution in [0.15, 0.2) is 53.4 Å². The number of amides is 2. The van der Waals surface area contributed by atoms with Gasteiger partial charge < -0.3 is 15.4 Å². The topological polar surface area (TPSA) is 50.4 Å². The molecule has 0 radical (unpaired) electrons. The van der Waals surface area contributed by atoms with Crippen LogP contribution >= 0.6 is 11.8 Å².